The summed E-state index contributed by atoms with van der Waals surface area (Å²) in [4.78, 5) is 0. The van der Waals surface area contributed by atoms with Gasteiger partial charge in [0.1, 0.15) is 11.5 Å². The molecule has 82 valence electrons. The predicted molar refractivity (Wildman–Crippen MR) is 52.4 cm³/mol. The zero-order valence-electron chi connectivity index (χ0n) is 7.75. The number of benzene rings is 1. The fourth-order valence-corrected chi connectivity index (χ4v) is 2.18. The zero-order valence-corrected chi connectivity index (χ0v) is 8.57. The Morgan fingerprint density at radius 3 is 2.80 bits per heavy atom. The Hall–Kier alpha value is -1.27. The number of aromatic hydroxyl groups is 1. The zero-order chi connectivity index (χ0) is 11.1. The Morgan fingerprint density at radius 2 is 2.13 bits per heavy atom. The minimum Gasteiger partial charge on any atom is -0.508 e. The van der Waals surface area contributed by atoms with Gasteiger partial charge in [-0.1, -0.05) is 6.07 Å². The number of hydrogen-bond acceptors (Lipinski definition) is 4. The van der Waals surface area contributed by atoms with Crippen molar-refractivity contribution in [1.82, 2.24) is 0 Å². The molecule has 6 heteroatoms. The maximum absolute atomic E-state index is 10.8. The van der Waals surface area contributed by atoms with Crippen LogP contribution in [0.1, 0.15) is 12.0 Å². The Labute approximate surface area is 87.1 Å². The van der Waals surface area contributed by atoms with E-state index in [1.54, 1.807) is 6.07 Å². The summed E-state index contributed by atoms with van der Waals surface area (Å²) in [6, 6.07) is 4.52. The van der Waals surface area contributed by atoms with E-state index in [9.17, 15) is 13.5 Å². The molecular weight excluding hydrogens is 220 g/mol. The van der Waals surface area contributed by atoms with E-state index in [-0.39, 0.29) is 12.2 Å². The van der Waals surface area contributed by atoms with Crippen molar-refractivity contribution >= 4 is 10.1 Å². The molecule has 0 aromatic heterocycles. The van der Waals surface area contributed by atoms with Crippen molar-refractivity contribution in [3.8, 4) is 11.5 Å². The summed E-state index contributed by atoms with van der Waals surface area (Å²) in [6.07, 6.45) is 0.719. The van der Waals surface area contributed by atoms with Gasteiger partial charge in [0.05, 0.1) is 0 Å². The number of phenols is 1. The maximum atomic E-state index is 10.8. The van der Waals surface area contributed by atoms with Gasteiger partial charge in [0.25, 0.3) is 0 Å². The minimum absolute atomic E-state index is 0.00439. The molecule has 0 aliphatic carbocycles. The second-order valence-electron chi connectivity index (χ2n) is 3.39. The summed E-state index contributed by atoms with van der Waals surface area (Å²) < 4.78 is 35.6. The molecule has 0 spiro atoms. The SMILES string of the molecule is O=S(=O)(O)C1CCc2ccc(O)cc2O1. The first-order valence-electron chi connectivity index (χ1n) is 4.41. The molecule has 1 aliphatic rings. The first-order valence-corrected chi connectivity index (χ1v) is 5.92. The van der Waals surface area contributed by atoms with E-state index >= 15 is 0 Å². The molecule has 2 rings (SSSR count). The molecule has 1 aromatic carbocycles. The number of hydrogen-bond donors (Lipinski definition) is 2. The fourth-order valence-electron chi connectivity index (χ4n) is 1.54. The molecule has 2 N–H and O–H groups in total. The molecular formula is C9H10O5S. The van der Waals surface area contributed by atoms with Gasteiger partial charge in [0, 0.05) is 12.5 Å². The molecule has 15 heavy (non-hydrogen) atoms. The molecule has 0 bridgehead atoms. The largest absolute Gasteiger partial charge is 0.508 e. The first-order chi connectivity index (χ1) is 6.97. The smallest absolute Gasteiger partial charge is 0.303 e. The van der Waals surface area contributed by atoms with Crippen LogP contribution in [0.4, 0.5) is 0 Å². The van der Waals surface area contributed by atoms with Gasteiger partial charge in [0.15, 0.2) is 0 Å². The highest BCUT2D eigenvalue weighted by atomic mass is 32.2. The average molecular weight is 230 g/mol. The second kappa shape index (κ2) is 3.39. The molecule has 1 aromatic rings. The van der Waals surface area contributed by atoms with E-state index in [1.165, 1.54) is 12.1 Å². The van der Waals surface area contributed by atoms with Crippen LogP contribution in [0.3, 0.4) is 0 Å². The molecule has 0 saturated carbocycles. The van der Waals surface area contributed by atoms with Gasteiger partial charge in [-0.15, -0.1) is 0 Å². The topological polar surface area (TPSA) is 83.8 Å². The van der Waals surface area contributed by atoms with Crippen molar-refractivity contribution in [2.45, 2.75) is 18.3 Å². The highest BCUT2D eigenvalue weighted by Gasteiger charge is 2.29. The Morgan fingerprint density at radius 1 is 1.40 bits per heavy atom. The van der Waals surface area contributed by atoms with Gasteiger partial charge in [-0.25, -0.2) is 0 Å². The number of phenolic OH excluding ortho intramolecular Hbond substituents is 1. The monoisotopic (exact) mass is 230 g/mol. The third kappa shape index (κ3) is 2.05. The molecule has 1 heterocycles. The molecule has 0 amide bonds. The van der Waals surface area contributed by atoms with Crippen molar-refractivity contribution in [2.75, 3.05) is 0 Å². The normalized spacial score (nSPS) is 20.5. The summed E-state index contributed by atoms with van der Waals surface area (Å²) >= 11 is 0. The molecule has 5 nitrogen and oxygen atoms in total. The minimum atomic E-state index is -4.19. The summed E-state index contributed by atoms with van der Waals surface area (Å²) in [7, 11) is -4.19. The van der Waals surface area contributed by atoms with Crippen LogP contribution in [0.25, 0.3) is 0 Å². The van der Waals surface area contributed by atoms with E-state index in [0.717, 1.165) is 5.56 Å². The lowest BCUT2D eigenvalue weighted by Crippen LogP contribution is -2.30. The summed E-state index contributed by atoms with van der Waals surface area (Å²) in [5.74, 6) is 0.314. The van der Waals surface area contributed by atoms with E-state index in [2.05, 4.69) is 0 Å². The van der Waals surface area contributed by atoms with Gasteiger partial charge in [-0.05, 0) is 18.1 Å². The van der Waals surface area contributed by atoms with Crippen LogP contribution in [0, 0.1) is 0 Å². The predicted octanol–water partition coefficient (Wildman–Crippen LogP) is 0.931. The number of rotatable bonds is 1. The number of ether oxygens (including phenoxy) is 1. The number of aryl methyl sites for hydroxylation is 1. The molecule has 0 radical (unpaired) electrons. The van der Waals surface area contributed by atoms with Crippen LogP contribution < -0.4 is 4.74 Å². The molecule has 1 unspecified atom stereocenters. The second-order valence-corrected chi connectivity index (χ2v) is 4.95. The summed E-state index contributed by atoms with van der Waals surface area (Å²) in [5.41, 5.74) is -0.403. The van der Waals surface area contributed by atoms with E-state index in [0.29, 0.717) is 12.2 Å². The van der Waals surface area contributed by atoms with Crippen molar-refractivity contribution in [3.63, 3.8) is 0 Å². The van der Waals surface area contributed by atoms with Gasteiger partial charge in [0.2, 0.25) is 5.44 Å². The highest BCUT2D eigenvalue weighted by Crippen LogP contribution is 2.31. The van der Waals surface area contributed by atoms with Crippen LogP contribution >= 0.6 is 0 Å². The Bertz CT molecular complexity index is 479. The van der Waals surface area contributed by atoms with Gasteiger partial charge in [-0.3, -0.25) is 4.55 Å². The van der Waals surface area contributed by atoms with Crippen molar-refractivity contribution in [1.29, 1.82) is 0 Å². The standard InChI is InChI=1S/C9H10O5S/c10-7-3-1-6-2-4-9(15(11,12)13)14-8(6)5-7/h1,3,5,9-10H,2,4H2,(H,11,12,13). The van der Waals surface area contributed by atoms with Crippen molar-refractivity contribution < 1.29 is 22.8 Å². The average Bonchev–Trinajstić information content (AvgIpc) is 2.15. The van der Waals surface area contributed by atoms with Crippen LogP contribution in [-0.2, 0) is 16.5 Å². The van der Waals surface area contributed by atoms with Crippen LogP contribution in [0.15, 0.2) is 18.2 Å². The third-order valence-corrected chi connectivity index (χ3v) is 3.29. The van der Waals surface area contributed by atoms with E-state index in [4.69, 9.17) is 9.29 Å². The fraction of sp³-hybridized carbons (Fsp3) is 0.333. The lowest BCUT2D eigenvalue weighted by atomic mass is 10.1. The molecule has 0 fully saturated rings. The molecule has 1 atom stereocenters. The van der Waals surface area contributed by atoms with Crippen molar-refractivity contribution in [3.05, 3.63) is 23.8 Å². The first kappa shape index (κ1) is 10.3. The Balaban J connectivity index is 2.34. The lowest BCUT2D eigenvalue weighted by Gasteiger charge is -2.23. The molecule has 1 aliphatic heterocycles. The lowest BCUT2D eigenvalue weighted by molar-refractivity contribution is 0.227. The van der Waals surface area contributed by atoms with Crippen LogP contribution in [0.2, 0.25) is 0 Å². The number of fused-ring (bicyclic) bond motifs is 1. The van der Waals surface area contributed by atoms with Gasteiger partial charge >= 0.3 is 10.1 Å². The van der Waals surface area contributed by atoms with Crippen LogP contribution in [0.5, 0.6) is 11.5 Å². The van der Waals surface area contributed by atoms with Gasteiger partial charge in [-0.2, -0.15) is 8.42 Å². The molecule has 0 saturated heterocycles. The van der Waals surface area contributed by atoms with E-state index < -0.39 is 15.6 Å². The maximum Gasteiger partial charge on any atom is 0.303 e. The third-order valence-electron chi connectivity index (χ3n) is 2.29. The Kier molecular flexibility index (Phi) is 2.32. The highest BCUT2D eigenvalue weighted by molar-refractivity contribution is 7.86. The summed E-state index contributed by atoms with van der Waals surface area (Å²) in [5, 5.41) is 9.19. The van der Waals surface area contributed by atoms with Crippen LogP contribution in [-0.4, -0.2) is 23.5 Å². The summed E-state index contributed by atoms with van der Waals surface area (Å²) in [6.45, 7) is 0. The van der Waals surface area contributed by atoms with Crippen molar-refractivity contribution in [2.24, 2.45) is 0 Å². The van der Waals surface area contributed by atoms with Gasteiger partial charge < -0.3 is 9.84 Å². The van der Waals surface area contributed by atoms with E-state index in [1.807, 2.05) is 0 Å². The quantitative estimate of drug-likeness (QED) is 0.701.